The van der Waals surface area contributed by atoms with Crippen molar-refractivity contribution in [2.45, 2.75) is 19.8 Å². The van der Waals surface area contributed by atoms with Crippen molar-refractivity contribution in [1.82, 2.24) is 0 Å². The van der Waals surface area contributed by atoms with Gasteiger partial charge in [0.05, 0.1) is 7.11 Å². The number of ether oxygens (including phenoxy) is 1. The average molecular weight is 203 g/mol. The van der Waals surface area contributed by atoms with E-state index in [1.807, 2.05) is 6.07 Å². The summed E-state index contributed by atoms with van der Waals surface area (Å²) in [5.41, 5.74) is 10.9. The molecule has 2 N–H and O–H groups in total. The predicted octanol–water partition coefficient (Wildman–Crippen LogP) is 2.29. The van der Waals surface area contributed by atoms with Crippen molar-refractivity contribution in [3.8, 4) is 5.75 Å². The fourth-order valence-corrected chi connectivity index (χ4v) is 2.31. The van der Waals surface area contributed by atoms with Crippen molar-refractivity contribution < 1.29 is 4.74 Å². The van der Waals surface area contributed by atoms with Gasteiger partial charge < -0.3 is 10.5 Å². The SMILES string of the molecule is COc1ccc(C)c2c1CCC=C2CN. The quantitative estimate of drug-likeness (QED) is 0.800. The molecular formula is C13H17NO. The van der Waals surface area contributed by atoms with Crippen molar-refractivity contribution in [1.29, 1.82) is 0 Å². The Balaban J connectivity index is 2.61. The molecular weight excluding hydrogens is 186 g/mol. The van der Waals surface area contributed by atoms with Crippen LogP contribution in [-0.2, 0) is 6.42 Å². The Morgan fingerprint density at radius 1 is 1.40 bits per heavy atom. The summed E-state index contributed by atoms with van der Waals surface area (Å²) in [5.74, 6) is 0.995. The van der Waals surface area contributed by atoms with Gasteiger partial charge in [-0.15, -0.1) is 0 Å². The number of rotatable bonds is 2. The van der Waals surface area contributed by atoms with Crippen LogP contribution in [0.2, 0.25) is 0 Å². The van der Waals surface area contributed by atoms with Gasteiger partial charge in [0.1, 0.15) is 5.75 Å². The van der Waals surface area contributed by atoms with Crippen LogP contribution >= 0.6 is 0 Å². The molecule has 0 spiro atoms. The van der Waals surface area contributed by atoms with Gasteiger partial charge in [0.15, 0.2) is 0 Å². The van der Waals surface area contributed by atoms with Gasteiger partial charge in [0.2, 0.25) is 0 Å². The van der Waals surface area contributed by atoms with Crippen LogP contribution in [0.4, 0.5) is 0 Å². The van der Waals surface area contributed by atoms with Gasteiger partial charge in [-0.1, -0.05) is 12.1 Å². The fourth-order valence-electron chi connectivity index (χ4n) is 2.31. The summed E-state index contributed by atoms with van der Waals surface area (Å²) >= 11 is 0. The van der Waals surface area contributed by atoms with Crippen LogP contribution in [0.15, 0.2) is 18.2 Å². The molecule has 2 nitrogen and oxygen atoms in total. The Morgan fingerprint density at radius 3 is 2.87 bits per heavy atom. The van der Waals surface area contributed by atoms with Gasteiger partial charge in [0.25, 0.3) is 0 Å². The van der Waals surface area contributed by atoms with Gasteiger partial charge in [-0.25, -0.2) is 0 Å². The summed E-state index contributed by atoms with van der Waals surface area (Å²) in [6, 6.07) is 4.15. The fraction of sp³-hybridized carbons (Fsp3) is 0.385. The molecule has 0 heterocycles. The number of fused-ring (bicyclic) bond motifs is 1. The Hall–Kier alpha value is -1.28. The molecule has 0 aliphatic heterocycles. The van der Waals surface area contributed by atoms with Crippen LogP contribution in [0.5, 0.6) is 5.75 Å². The molecule has 0 bridgehead atoms. The second-order valence-electron chi connectivity index (χ2n) is 3.91. The van der Waals surface area contributed by atoms with Crippen molar-refractivity contribution in [3.63, 3.8) is 0 Å². The van der Waals surface area contributed by atoms with E-state index in [4.69, 9.17) is 10.5 Å². The number of methoxy groups -OCH3 is 1. The lowest BCUT2D eigenvalue weighted by atomic mass is 9.87. The zero-order valence-electron chi connectivity index (χ0n) is 9.34. The summed E-state index contributed by atoms with van der Waals surface area (Å²) in [6.07, 6.45) is 4.37. The van der Waals surface area contributed by atoms with E-state index >= 15 is 0 Å². The van der Waals surface area contributed by atoms with E-state index in [1.54, 1.807) is 7.11 Å². The van der Waals surface area contributed by atoms with E-state index in [-0.39, 0.29) is 0 Å². The number of allylic oxidation sites excluding steroid dienone is 1. The van der Waals surface area contributed by atoms with Crippen molar-refractivity contribution >= 4 is 5.57 Å². The Labute approximate surface area is 90.7 Å². The first-order valence-electron chi connectivity index (χ1n) is 5.34. The molecule has 0 radical (unpaired) electrons. The molecule has 0 saturated carbocycles. The van der Waals surface area contributed by atoms with Crippen LogP contribution in [0.1, 0.15) is 23.1 Å². The number of hydrogen-bond donors (Lipinski definition) is 1. The van der Waals surface area contributed by atoms with Gasteiger partial charge >= 0.3 is 0 Å². The minimum Gasteiger partial charge on any atom is -0.496 e. The normalized spacial score (nSPS) is 14.5. The summed E-state index contributed by atoms with van der Waals surface area (Å²) in [6.45, 7) is 2.74. The minimum atomic E-state index is 0.612. The second kappa shape index (κ2) is 4.07. The molecule has 0 amide bonds. The Bertz CT molecular complexity index is 407. The number of hydrogen-bond acceptors (Lipinski definition) is 2. The van der Waals surface area contributed by atoms with Crippen molar-refractivity contribution in [2.75, 3.05) is 13.7 Å². The summed E-state index contributed by atoms with van der Waals surface area (Å²) in [7, 11) is 1.73. The highest BCUT2D eigenvalue weighted by molar-refractivity contribution is 5.75. The van der Waals surface area contributed by atoms with Crippen molar-refractivity contribution in [2.24, 2.45) is 5.73 Å². The third kappa shape index (κ3) is 1.65. The highest BCUT2D eigenvalue weighted by Crippen LogP contribution is 2.34. The molecule has 0 fully saturated rings. The highest BCUT2D eigenvalue weighted by atomic mass is 16.5. The van der Waals surface area contributed by atoms with Crippen LogP contribution in [-0.4, -0.2) is 13.7 Å². The lowest BCUT2D eigenvalue weighted by Gasteiger charge is -2.21. The Morgan fingerprint density at radius 2 is 2.20 bits per heavy atom. The number of benzene rings is 1. The first kappa shape index (κ1) is 10.2. The van der Waals surface area contributed by atoms with Gasteiger partial charge in [-0.3, -0.25) is 0 Å². The average Bonchev–Trinajstić information content (AvgIpc) is 2.29. The molecule has 15 heavy (non-hydrogen) atoms. The van der Waals surface area contributed by atoms with E-state index in [2.05, 4.69) is 19.1 Å². The smallest absolute Gasteiger partial charge is 0.122 e. The standard InChI is InChI=1S/C13H17NO/c1-9-6-7-12(15-2)11-5-3-4-10(8-14)13(9)11/h4,6-7H,3,5,8,14H2,1-2H3. The first-order chi connectivity index (χ1) is 7.27. The predicted molar refractivity (Wildman–Crippen MR) is 63.1 cm³/mol. The number of aryl methyl sites for hydroxylation is 1. The molecule has 2 rings (SSSR count). The summed E-state index contributed by atoms with van der Waals surface area (Å²) in [5, 5.41) is 0. The largest absolute Gasteiger partial charge is 0.496 e. The first-order valence-corrected chi connectivity index (χ1v) is 5.34. The van der Waals surface area contributed by atoms with E-state index in [0.717, 1.165) is 18.6 Å². The van der Waals surface area contributed by atoms with E-state index in [0.29, 0.717) is 6.54 Å². The maximum atomic E-state index is 5.77. The highest BCUT2D eigenvalue weighted by Gasteiger charge is 2.17. The topological polar surface area (TPSA) is 35.2 Å². The molecule has 1 aromatic carbocycles. The van der Waals surface area contributed by atoms with Gasteiger partial charge in [0, 0.05) is 12.1 Å². The monoisotopic (exact) mass is 203 g/mol. The molecule has 1 aromatic rings. The molecule has 2 heteroatoms. The minimum absolute atomic E-state index is 0.612. The number of nitrogens with two attached hydrogens (primary N) is 1. The van der Waals surface area contributed by atoms with Gasteiger partial charge in [-0.05, 0) is 42.5 Å². The van der Waals surface area contributed by atoms with Gasteiger partial charge in [-0.2, -0.15) is 0 Å². The molecule has 0 atom stereocenters. The van der Waals surface area contributed by atoms with Crippen LogP contribution < -0.4 is 10.5 Å². The van der Waals surface area contributed by atoms with Crippen molar-refractivity contribution in [3.05, 3.63) is 34.9 Å². The molecule has 1 aliphatic rings. The Kier molecular flexibility index (Phi) is 2.78. The molecule has 0 unspecified atom stereocenters. The molecule has 0 saturated heterocycles. The molecule has 1 aliphatic carbocycles. The lowest BCUT2D eigenvalue weighted by molar-refractivity contribution is 0.409. The lowest BCUT2D eigenvalue weighted by Crippen LogP contribution is -2.11. The van der Waals surface area contributed by atoms with E-state index in [1.165, 1.54) is 22.3 Å². The maximum absolute atomic E-state index is 5.77. The van der Waals surface area contributed by atoms with Crippen LogP contribution in [0, 0.1) is 6.92 Å². The summed E-state index contributed by atoms with van der Waals surface area (Å²) in [4.78, 5) is 0. The van der Waals surface area contributed by atoms with E-state index in [9.17, 15) is 0 Å². The van der Waals surface area contributed by atoms with E-state index < -0.39 is 0 Å². The zero-order valence-corrected chi connectivity index (χ0v) is 9.34. The third-order valence-corrected chi connectivity index (χ3v) is 3.02. The zero-order chi connectivity index (χ0) is 10.8. The molecule has 80 valence electrons. The third-order valence-electron chi connectivity index (χ3n) is 3.02. The van der Waals surface area contributed by atoms with Crippen LogP contribution in [0.25, 0.3) is 5.57 Å². The summed E-state index contributed by atoms with van der Waals surface area (Å²) < 4.78 is 5.39. The maximum Gasteiger partial charge on any atom is 0.122 e. The molecule has 0 aromatic heterocycles. The second-order valence-corrected chi connectivity index (χ2v) is 3.91. The van der Waals surface area contributed by atoms with Crippen LogP contribution in [0.3, 0.4) is 0 Å².